The Hall–Kier alpha value is -2.60. The molecule has 0 bridgehead atoms. The number of aryl methyl sites for hydroxylation is 2. The Bertz CT molecular complexity index is 899. The Labute approximate surface area is 167 Å². The smallest absolute Gasteiger partial charge is 0.251 e. The molecular formula is C21H22BrN3O2. The van der Waals surface area contributed by atoms with Crippen molar-refractivity contribution in [1.29, 1.82) is 0 Å². The molecule has 140 valence electrons. The number of carbonyl (C=O) groups excluding carboxylic acids is 1. The largest absolute Gasteiger partial charge is 0.488 e. The fourth-order valence-electron chi connectivity index (χ4n) is 2.78. The minimum Gasteiger partial charge on any atom is -0.488 e. The lowest BCUT2D eigenvalue weighted by atomic mass is 10.1. The molecule has 0 unspecified atom stereocenters. The topological polar surface area (TPSA) is 56.1 Å². The van der Waals surface area contributed by atoms with E-state index in [2.05, 4.69) is 26.3 Å². The standard InChI is InChI=1S/C21H22BrN3O2/c1-15-4-3-5-16(2)20(15)27-14-17-6-8-18(9-7-17)21(26)23-10-11-25-13-19(22)12-24-25/h3-9,12-13H,10-11,14H2,1-2H3,(H,23,26). The Morgan fingerprint density at radius 3 is 2.48 bits per heavy atom. The van der Waals surface area contributed by atoms with E-state index in [0.29, 0.717) is 25.3 Å². The van der Waals surface area contributed by atoms with E-state index in [1.807, 2.05) is 62.5 Å². The van der Waals surface area contributed by atoms with Crippen LogP contribution in [0.4, 0.5) is 0 Å². The van der Waals surface area contributed by atoms with E-state index in [4.69, 9.17) is 4.74 Å². The molecule has 27 heavy (non-hydrogen) atoms. The lowest BCUT2D eigenvalue weighted by Gasteiger charge is -2.12. The molecule has 3 rings (SSSR count). The van der Waals surface area contributed by atoms with Crippen molar-refractivity contribution in [2.24, 2.45) is 0 Å². The van der Waals surface area contributed by atoms with Gasteiger partial charge in [-0.2, -0.15) is 5.10 Å². The third kappa shape index (κ3) is 5.20. The van der Waals surface area contributed by atoms with E-state index < -0.39 is 0 Å². The van der Waals surface area contributed by atoms with E-state index in [-0.39, 0.29) is 5.91 Å². The van der Waals surface area contributed by atoms with Crippen LogP contribution in [0.25, 0.3) is 0 Å². The first-order chi connectivity index (χ1) is 13.0. The first-order valence-corrected chi connectivity index (χ1v) is 9.56. The second-order valence-corrected chi connectivity index (χ2v) is 7.30. The van der Waals surface area contributed by atoms with E-state index in [9.17, 15) is 4.79 Å². The van der Waals surface area contributed by atoms with Gasteiger partial charge in [0.2, 0.25) is 0 Å². The Kier molecular flexibility index (Phi) is 6.29. The number of nitrogens with zero attached hydrogens (tertiary/aromatic N) is 2. The van der Waals surface area contributed by atoms with Crippen molar-refractivity contribution in [2.75, 3.05) is 6.54 Å². The molecule has 0 aliphatic rings. The minimum absolute atomic E-state index is 0.0940. The summed E-state index contributed by atoms with van der Waals surface area (Å²) in [5.74, 6) is 0.827. The van der Waals surface area contributed by atoms with E-state index in [1.54, 1.807) is 10.9 Å². The van der Waals surface area contributed by atoms with Crippen LogP contribution < -0.4 is 10.1 Å². The summed E-state index contributed by atoms with van der Waals surface area (Å²) >= 11 is 3.35. The number of halogens is 1. The van der Waals surface area contributed by atoms with Gasteiger partial charge < -0.3 is 10.1 Å². The normalized spacial score (nSPS) is 10.6. The van der Waals surface area contributed by atoms with Gasteiger partial charge in [-0.1, -0.05) is 30.3 Å². The Balaban J connectivity index is 1.51. The molecule has 0 atom stereocenters. The van der Waals surface area contributed by atoms with Crippen LogP contribution in [0, 0.1) is 13.8 Å². The highest BCUT2D eigenvalue weighted by molar-refractivity contribution is 9.10. The monoisotopic (exact) mass is 427 g/mol. The maximum absolute atomic E-state index is 12.2. The highest BCUT2D eigenvalue weighted by Crippen LogP contribution is 2.23. The maximum atomic E-state index is 12.2. The summed E-state index contributed by atoms with van der Waals surface area (Å²) in [5, 5.41) is 7.06. The summed E-state index contributed by atoms with van der Waals surface area (Å²) in [6, 6.07) is 13.6. The number of aromatic nitrogens is 2. The highest BCUT2D eigenvalue weighted by Gasteiger charge is 2.07. The molecular weight excluding hydrogens is 406 g/mol. The summed E-state index contributed by atoms with van der Waals surface area (Å²) in [4.78, 5) is 12.2. The van der Waals surface area contributed by atoms with Crippen LogP contribution in [0.15, 0.2) is 59.3 Å². The van der Waals surface area contributed by atoms with Gasteiger partial charge in [-0.25, -0.2) is 0 Å². The number of hydrogen-bond donors (Lipinski definition) is 1. The molecule has 0 aliphatic carbocycles. The zero-order valence-electron chi connectivity index (χ0n) is 15.4. The van der Waals surface area contributed by atoms with Crippen LogP contribution in [0.5, 0.6) is 5.75 Å². The van der Waals surface area contributed by atoms with Gasteiger partial charge in [-0.15, -0.1) is 0 Å². The van der Waals surface area contributed by atoms with E-state index in [0.717, 1.165) is 26.9 Å². The number of benzene rings is 2. The van der Waals surface area contributed by atoms with Crippen molar-refractivity contribution in [2.45, 2.75) is 27.0 Å². The molecule has 5 nitrogen and oxygen atoms in total. The molecule has 0 radical (unpaired) electrons. The molecule has 1 aromatic heterocycles. The van der Waals surface area contributed by atoms with Crippen LogP contribution in [0.1, 0.15) is 27.0 Å². The van der Waals surface area contributed by atoms with Crippen molar-refractivity contribution in [3.63, 3.8) is 0 Å². The number of carbonyl (C=O) groups is 1. The molecule has 0 saturated heterocycles. The predicted molar refractivity (Wildman–Crippen MR) is 109 cm³/mol. The van der Waals surface area contributed by atoms with Crippen molar-refractivity contribution in [3.05, 3.63) is 81.6 Å². The summed E-state index contributed by atoms with van der Waals surface area (Å²) < 4.78 is 8.66. The van der Waals surface area contributed by atoms with E-state index >= 15 is 0 Å². The lowest BCUT2D eigenvalue weighted by molar-refractivity contribution is 0.0952. The third-order valence-electron chi connectivity index (χ3n) is 4.24. The molecule has 6 heteroatoms. The number of hydrogen-bond acceptors (Lipinski definition) is 3. The van der Waals surface area contributed by atoms with Crippen LogP contribution in [-0.4, -0.2) is 22.2 Å². The van der Waals surface area contributed by atoms with Gasteiger partial charge in [0.15, 0.2) is 0 Å². The van der Waals surface area contributed by atoms with Gasteiger partial charge in [0.05, 0.1) is 17.2 Å². The van der Waals surface area contributed by atoms with Crippen molar-refractivity contribution in [1.82, 2.24) is 15.1 Å². The number of ether oxygens (including phenoxy) is 1. The molecule has 0 spiro atoms. The maximum Gasteiger partial charge on any atom is 0.251 e. The Morgan fingerprint density at radius 2 is 1.85 bits per heavy atom. The van der Waals surface area contributed by atoms with Crippen LogP contribution in [0.2, 0.25) is 0 Å². The highest BCUT2D eigenvalue weighted by atomic mass is 79.9. The van der Waals surface area contributed by atoms with Crippen molar-refractivity contribution in [3.8, 4) is 5.75 Å². The number of rotatable bonds is 7. The third-order valence-corrected chi connectivity index (χ3v) is 4.65. The summed E-state index contributed by atoms with van der Waals surface area (Å²) in [5.41, 5.74) is 3.90. The van der Waals surface area contributed by atoms with Gasteiger partial charge >= 0.3 is 0 Å². The fraction of sp³-hybridized carbons (Fsp3) is 0.238. The summed E-state index contributed by atoms with van der Waals surface area (Å²) in [6.07, 6.45) is 3.60. The van der Waals surface area contributed by atoms with Crippen LogP contribution >= 0.6 is 15.9 Å². The molecule has 2 aromatic carbocycles. The van der Waals surface area contributed by atoms with Crippen LogP contribution in [-0.2, 0) is 13.2 Å². The molecule has 0 saturated carbocycles. The molecule has 1 heterocycles. The van der Waals surface area contributed by atoms with Crippen molar-refractivity contribution >= 4 is 21.8 Å². The van der Waals surface area contributed by atoms with Crippen molar-refractivity contribution < 1.29 is 9.53 Å². The second-order valence-electron chi connectivity index (χ2n) is 6.38. The Morgan fingerprint density at radius 1 is 1.15 bits per heavy atom. The number of amides is 1. The van der Waals surface area contributed by atoms with Gasteiger partial charge in [0.1, 0.15) is 12.4 Å². The zero-order chi connectivity index (χ0) is 19.2. The summed E-state index contributed by atoms with van der Waals surface area (Å²) in [6.45, 7) is 5.70. The average molecular weight is 428 g/mol. The SMILES string of the molecule is Cc1cccc(C)c1OCc1ccc(C(=O)NCCn2cc(Br)cn2)cc1. The fourth-order valence-corrected chi connectivity index (χ4v) is 3.11. The molecule has 0 fully saturated rings. The van der Waals surface area contributed by atoms with Gasteiger partial charge in [-0.05, 0) is 58.6 Å². The van der Waals surface area contributed by atoms with E-state index in [1.165, 1.54) is 0 Å². The molecule has 3 aromatic rings. The molecule has 1 amide bonds. The zero-order valence-corrected chi connectivity index (χ0v) is 17.0. The molecule has 0 aliphatic heterocycles. The number of nitrogens with one attached hydrogen (secondary N) is 1. The number of para-hydroxylation sites is 1. The first kappa shape index (κ1) is 19.2. The second kappa shape index (κ2) is 8.86. The predicted octanol–water partition coefficient (Wildman–Crippen LogP) is 4.27. The minimum atomic E-state index is -0.0940. The first-order valence-electron chi connectivity index (χ1n) is 8.77. The summed E-state index contributed by atoms with van der Waals surface area (Å²) in [7, 11) is 0. The molecule has 1 N–H and O–H groups in total. The van der Waals surface area contributed by atoms with Gasteiger partial charge in [0, 0.05) is 18.3 Å². The lowest BCUT2D eigenvalue weighted by Crippen LogP contribution is -2.27. The quantitative estimate of drug-likeness (QED) is 0.612. The van der Waals surface area contributed by atoms with Crippen LogP contribution in [0.3, 0.4) is 0 Å². The average Bonchev–Trinajstić information content (AvgIpc) is 3.07. The van der Waals surface area contributed by atoms with Gasteiger partial charge in [0.25, 0.3) is 5.91 Å². The van der Waals surface area contributed by atoms with Gasteiger partial charge in [-0.3, -0.25) is 9.48 Å².